The minimum Gasteiger partial charge on any atom is -0.322 e. The molecule has 0 saturated heterocycles. The Morgan fingerprint density at radius 3 is 2.34 bits per heavy atom. The average molecular weight is 449 g/mol. The Hall–Kier alpha value is -2.54. The summed E-state index contributed by atoms with van der Waals surface area (Å²) >= 11 is 12.0. The normalized spacial score (nSPS) is 11.2. The fraction of sp³-hybridized carbons (Fsp3) is 0.0952. The molecule has 5 nitrogen and oxygen atoms in total. The quantitative estimate of drug-likeness (QED) is 0.528. The van der Waals surface area contributed by atoms with Crippen LogP contribution in [0.15, 0.2) is 65.6 Å². The second-order valence-electron chi connectivity index (χ2n) is 6.51. The molecule has 150 valence electrons. The van der Waals surface area contributed by atoms with Crippen molar-refractivity contribution in [2.45, 2.75) is 18.7 Å². The van der Waals surface area contributed by atoms with Crippen molar-refractivity contribution in [2.24, 2.45) is 0 Å². The second kappa shape index (κ2) is 8.45. The Labute approximate surface area is 179 Å². The van der Waals surface area contributed by atoms with Gasteiger partial charge in [-0.05, 0) is 61.4 Å². The number of benzene rings is 3. The van der Waals surface area contributed by atoms with Gasteiger partial charge in [-0.1, -0.05) is 47.5 Å². The van der Waals surface area contributed by atoms with E-state index >= 15 is 0 Å². The van der Waals surface area contributed by atoms with E-state index in [0.717, 1.165) is 5.56 Å². The van der Waals surface area contributed by atoms with Gasteiger partial charge in [-0.15, -0.1) is 0 Å². The van der Waals surface area contributed by atoms with E-state index in [9.17, 15) is 13.2 Å². The fourth-order valence-corrected chi connectivity index (χ4v) is 4.47. The van der Waals surface area contributed by atoms with Crippen LogP contribution in [0.3, 0.4) is 0 Å². The van der Waals surface area contributed by atoms with Crippen molar-refractivity contribution in [1.29, 1.82) is 0 Å². The summed E-state index contributed by atoms with van der Waals surface area (Å²) in [6.45, 7) is 3.56. The minimum absolute atomic E-state index is 0.0639. The third-order valence-corrected chi connectivity index (χ3v) is 6.54. The summed E-state index contributed by atoms with van der Waals surface area (Å²) < 4.78 is 28.3. The number of nitrogens with one attached hydrogen (secondary N) is 2. The molecule has 0 spiro atoms. The molecular weight excluding hydrogens is 431 g/mol. The lowest BCUT2D eigenvalue weighted by Gasteiger charge is -2.13. The van der Waals surface area contributed by atoms with Gasteiger partial charge in [0.05, 0.1) is 20.5 Å². The molecule has 0 unspecified atom stereocenters. The first-order valence-electron chi connectivity index (χ1n) is 8.63. The monoisotopic (exact) mass is 448 g/mol. The van der Waals surface area contributed by atoms with Gasteiger partial charge in [0.15, 0.2) is 0 Å². The molecule has 0 atom stereocenters. The Morgan fingerprint density at radius 2 is 1.62 bits per heavy atom. The molecule has 0 radical (unpaired) electrons. The molecule has 0 aliphatic carbocycles. The number of hydrogen-bond donors (Lipinski definition) is 2. The van der Waals surface area contributed by atoms with Crippen LogP contribution in [-0.2, 0) is 10.0 Å². The van der Waals surface area contributed by atoms with E-state index < -0.39 is 15.9 Å². The molecule has 0 fully saturated rings. The molecule has 3 aromatic carbocycles. The maximum atomic E-state index is 12.9. The van der Waals surface area contributed by atoms with Gasteiger partial charge in [0.2, 0.25) is 0 Å². The first kappa shape index (κ1) is 21.2. The van der Waals surface area contributed by atoms with E-state index in [2.05, 4.69) is 10.0 Å². The Kier molecular flexibility index (Phi) is 6.17. The van der Waals surface area contributed by atoms with Crippen LogP contribution < -0.4 is 10.0 Å². The van der Waals surface area contributed by atoms with Gasteiger partial charge >= 0.3 is 0 Å². The minimum atomic E-state index is -3.85. The molecule has 0 aromatic heterocycles. The van der Waals surface area contributed by atoms with Crippen molar-refractivity contribution < 1.29 is 13.2 Å². The number of hydrogen-bond acceptors (Lipinski definition) is 3. The number of rotatable bonds is 5. The molecule has 0 aliphatic heterocycles. The summed E-state index contributed by atoms with van der Waals surface area (Å²) in [5.41, 5.74) is 2.46. The fourth-order valence-electron chi connectivity index (χ4n) is 2.76. The molecular formula is C21H18Cl2N2O3S. The van der Waals surface area contributed by atoms with Crippen LogP contribution in [0, 0.1) is 13.8 Å². The number of aryl methyl sites for hydroxylation is 2. The van der Waals surface area contributed by atoms with Crippen molar-refractivity contribution in [3.63, 3.8) is 0 Å². The highest BCUT2D eigenvalue weighted by atomic mass is 35.5. The summed E-state index contributed by atoms with van der Waals surface area (Å²) in [5, 5.41) is 3.06. The van der Waals surface area contributed by atoms with E-state index in [1.807, 2.05) is 13.0 Å². The standard InChI is InChI=1S/C21H18Cl2N2O3S/c1-13-5-3-6-16(11-13)25-29(27,28)19-12-15(10-9-14(19)2)24-21(26)17-7-4-8-18(22)20(17)23/h3-12,25H,1-2H3,(H,24,26). The molecule has 0 bridgehead atoms. The molecule has 29 heavy (non-hydrogen) atoms. The zero-order valence-electron chi connectivity index (χ0n) is 15.7. The lowest BCUT2D eigenvalue weighted by molar-refractivity contribution is 0.102. The lowest BCUT2D eigenvalue weighted by atomic mass is 10.2. The van der Waals surface area contributed by atoms with Gasteiger partial charge in [0.25, 0.3) is 15.9 Å². The first-order valence-corrected chi connectivity index (χ1v) is 10.9. The molecule has 0 heterocycles. The highest BCUT2D eigenvalue weighted by Crippen LogP contribution is 2.27. The maximum absolute atomic E-state index is 12.9. The molecule has 3 rings (SSSR count). The van der Waals surface area contributed by atoms with Gasteiger partial charge in [0, 0.05) is 11.4 Å². The van der Waals surface area contributed by atoms with E-state index in [1.54, 1.807) is 49.4 Å². The Bertz CT molecular complexity index is 1190. The van der Waals surface area contributed by atoms with Crippen molar-refractivity contribution in [1.82, 2.24) is 0 Å². The van der Waals surface area contributed by atoms with Crippen molar-refractivity contribution in [2.75, 3.05) is 10.0 Å². The molecule has 3 aromatic rings. The van der Waals surface area contributed by atoms with Crippen LogP contribution in [0.1, 0.15) is 21.5 Å². The van der Waals surface area contributed by atoms with Crippen LogP contribution in [0.5, 0.6) is 0 Å². The average Bonchev–Trinajstić information content (AvgIpc) is 2.65. The smallest absolute Gasteiger partial charge is 0.262 e. The SMILES string of the molecule is Cc1cccc(NS(=O)(=O)c2cc(NC(=O)c3cccc(Cl)c3Cl)ccc2C)c1. The topological polar surface area (TPSA) is 75.3 Å². The first-order chi connectivity index (χ1) is 13.7. The highest BCUT2D eigenvalue weighted by Gasteiger charge is 2.19. The molecule has 0 saturated carbocycles. The summed E-state index contributed by atoms with van der Waals surface area (Å²) in [5.74, 6) is -0.489. The van der Waals surface area contributed by atoms with Gasteiger partial charge < -0.3 is 5.32 Å². The lowest BCUT2D eigenvalue weighted by Crippen LogP contribution is -2.16. The number of carbonyl (C=O) groups is 1. The molecule has 2 N–H and O–H groups in total. The van der Waals surface area contributed by atoms with Crippen molar-refractivity contribution in [3.8, 4) is 0 Å². The van der Waals surface area contributed by atoms with E-state index in [-0.39, 0.29) is 20.5 Å². The van der Waals surface area contributed by atoms with Crippen LogP contribution in [0.4, 0.5) is 11.4 Å². The van der Waals surface area contributed by atoms with Crippen LogP contribution >= 0.6 is 23.2 Å². The number of anilines is 2. The zero-order chi connectivity index (χ0) is 21.2. The van der Waals surface area contributed by atoms with Crippen molar-refractivity contribution >= 4 is 50.5 Å². The Balaban J connectivity index is 1.89. The van der Waals surface area contributed by atoms with E-state index in [1.165, 1.54) is 12.1 Å². The number of sulfonamides is 1. The highest BCUT2D eigenvalue weighted by molar-refractivity contribution is 7.92. The predicted octanol–water partition coefficient (Wildman–Crippen LogP) is 5.66. The molecule has 8 heteroatoms. The van der Waals surface area contributed by atoms with Crippen LogP contribution in [0.25, 0.3) is 0 Å². The van der Waals surface area contributed by atoms with Gasteiger partial charge in [-0.2, -0.15) is 0 Å². The number of halogens is 2. The maximum Gasteiger partial charge on any atom is 0.262 e. The Morgan fingerprint density at radius 1 is 0.897 bits per heavy atom. The summed E-state index contributed by atoms with van der Waals surface area (Å²) in [7, 11) is -3.85. The second-order valence-corrected chi connectivity index (χ2v) is 8.95. The zero-order valence-corrected chi connectivity index (χ0v) is 18.0. The largest absolute Gasteiger partial charge is 0.322 e. The van der Waals surface area contributed by atoms with E-state index in [0.29, 0.717) is 16.9 Å². The number of carbonyl (C=O) groups excluding carboxylic acids is 1. The molecule has 1 amide bonds. The third-order valence-electron chi connectivity index (χ3n) is 4.20. The van der Waals surface area contributed by atoms with Crippen LogP contribution in [0.2, 0.25) is 10.0 Å². The third kappa shape index (κ3) is 4.90. The van der Waals surface area contributed by atoms with Crippen molar-refractivity contribution in [3.05, 3.63) is 87.4 Å². The summed E-state index contributed by atoms with van der Waals surface area (Å²) in [6, 6.07) is 16.4. The van der Waals surface area contributed by atoms with Gasteiger partial charge in [-0.25, -0.2) is 8.42 Å². The van der Waals surface area contributed by atoms with Gasteiger partial charge in [0.1, 0.15) is 0 Å². The molecule has 0 aliphatic rings. The van der Waals surface area contributed by atoms with Gasteiger partial charge in [-0.3, -0.25) is 9.52 Å². The summed E-state index contributed by atoms with van der Waals surface area (Å²) in [4.78, 5) is 12.6. The number of amides is 1. The predicted molar refractivity (Wildman–Crippen MR) is 118 cm³/mol. The summed E-state index contributed by atoms with van der Waals surface area (Å²) in [6.07, 6.45) is 0. The van der Waals surface area contributed by atoms with Crippen LogP contribution in [-0.4, -0.2) is 14.3 Å². The van der Waals surface area contributed by atoms with E-state index in [4.69, 9.17) is 23.2 Å².